The molecular formula is C17H19N4O3+. The third kappa shape index (κ3) is 3.75. The van der Waals surface area contributed by atoms with Crippen molar-refractivity contribution in [2.75, 3.05) is 26.2 Å². The number of nitro benzene ring substituents is 1. The van der Waals surface area contributed by atoms with Crippen LogP contribution in [0.15, 0.2) is 48.8 Å². The summed E-state index contributed by atoms with van der Waals surface area (Å²) in [5, 5.41) is 10.7. The molecule has 0 spiro atoms. The number of piperazine rings is 1. The van der Waals surface area contributed by atoms with Gasteiger partial charge >= 0.3 is 0 Å². The van der Waals surface area contributed by atoms with Gasteiger partial charge in [-0.25, -0.2) is 0 Å². The van der Waals surface area contributed by atoms with Crippen LogP contribution >= 0.6 is 0 Å². The molecule has 1 aliphatic heterocycles. The summed E-state index contributed by atoms with van der Waals surface area (Å²) in [6, 6.07) is 9.79. The predicted molar refractivity (Wildman–Crippen MR) is 87.6 cm³/mol. The molecule has 7 nitrogen and oxygen atoms in total. The number of non-ortho nitro benzene ring substituents is 1. The van der Waals surface area contributed by atoms with Crippen molar-refractivity contribution in [3.8, 4) is 0 Å². The minimum Gasteiger partial charge on any atom is -0.328 e. The molecule has 2 heterocycles. The molecule has 1 N–H and O–H groups in total. The van der Waals surface area contributed by atoms with Crippen LogP contribution in [-0.2, 0) is 6.54 Å². The summed E-state index contributed by atoms with van der Waals surface area (Å²) in [5.41, 5.74) is 1.69. The van der Waals surface area contributed by atoms with Gasteiger partial charge in [-0.1, -0.05) is 6.07 Å². The van der Waals surface area contributed by atoms with Crippen LogP contribution in [0, 0.1) is 10.1 Å². The van der Waals surface area contributed by atoms with E-state index in [9.17, 15) is 14.9 Å². The third-order valence-electron chi connectivity index (χ3n) is 4.26. The molecule has 3 rings (SSSR count). The molecule has 0 unspecified atom stereocenters. The number of pyridine rings is 1. The highest BCUT2D eigenvalue weighted by molar-refractivity contribution is 5.94. The molecule has 7 heteroatoms. The van der Waals surface area contributed by atoms with Crippen molar-refractivity contribution in [3.05, 3.63) is 70.0 Å². The number of nitrogens with zero attached hydrogens (tertiary/aromatic N) is 3. The minimum absolute atomic E-state index is 0.00251. The van der Waals surface area contributed by atoms with Gasteiger partial charge in [0.25, 0.3) is 11.6 Å². The smallest absolute Gasteiger partial charge is 0.269 e. The Bertz CT molecular complexity index is 710. The lowest BCUT2D eigenvalue weighted by molar-refractivity contribution is -0.917. The van der Waals surface area contributed by atoms with Gasteiger partial charge in [0.2, 0.25) is 0 Å². The van der Waals surface area contributed by atoms with E-state index in [4.69, 9.17) is 0 Å². The molecule has 0 atom stereocenters. The highest BCUT2D eigenvalue weighted by Gasteiger charge is 2.24. The number of quaternary nitrogens is 1. The highest BCUT2D eigenvalue weighted by atomic mass is 16.6. The van der Waals surface area contributed by atoms with Crippen molar-refractivity contribution < 1.29 is 14.6 Å². The SMILES string of the molecule is O=C(c1ccc([N+](=O)[O-])cc1)N1CC[NH+](Cc2cccnc2)CC1. The molecule has 0 radical (unpaired) electrons. The first-order chi connectivity index (χ1) is 11.6. The maximum Gasteiger partial charge on any atom is 0.269 e. The molecule has 1 fully saturated rings. The zero-order valence-corrected chi connectivity index (χ0v) is 13.2. The number of rotatable bonds is 4. The topological polar surface area (TPSA) is 80.8 Å². The van der Waals surface area contributed by atoms with E-state index in [-0.39, 0.29) is 11.6 Å². The Labute approximate surface area is 139 Å². The Hall–Kier alpha value is -2.80. The summed E-state index contributed by atoms with van der Waals surface area (Å²) in [4.78, 5) is 30.1. The van der Waals surface area contributed by atoms with Gasteiger partial charge in [-0.3, -0.25) is 19.9 Å². The fraction of sp³-hybridized carbons (Fsp3) is 0.294. The van der Waals surface area contributed by atoms with Crippen molar-refractivity contribution >= 4 is 11.6 Å². The van der Waals surface area contributed by atoms with Crippen molar-refractivity contribution in [1.29, 1.82) is 0 Å². The zero-order valence-electron chi connectivity index (χ0n) is 13.2. The quantitative estimate of drug-likeness (QED) is 0.656. The number of carbonyl (C=O) groups is 1. The second kappa shape index (κ2) is 7.18. The number of aromatic nitrogens is 1. The van der Waals surface area contributed by atoms with Crippen LogP contribution in [0.25, 0.3) is 0 Å². The lowest BCUT2D eigenvalue weighted by atomic mass is 10.1. The van der Waals surface area contributed by atoms with Crippen LogP contribution in [-0.4, -0.2) is 46.9 Å². The number of hydrogen-bond donors (Lipinski definition) is 1. The molecule has 1 aromatic heterocycles. The van der Waals surface area contributed by atoms with Crippen LogP contribution in [0.4, 0.5) is 5.69 Å². The average Bonchev–Trinajstić information content (AvgIpc) is 2.63. The Morgan fingerprint density at radius 2 is 1.92 bits per heavy atom. The largest absolute Gasteiger partial charge is 0.328 e. The van der Waals surface area contributed by atoms with E-state index in [1.807, 2.05) is 17.2 Å². The second-order valence-corrected chi connectivity index (χ2v) is 5.88. The van der Waals surface area contributed by atoms with Crippen molar-refractivity contribution in [1.82, 2.24) is 9.88 Å². The fourth-order valence-corrected chi connectivity index (χ4v) is 2.90. The van der Waals surface area contributed by atoms with Gasteiger partial charge in [-0.15, -0.1) is 0 Å². The molecule has 0 aliphatic carbocycles. The van der Waals surface area contributed by atoms with Crippen molar-refractivity contribution in [2.45, 2.75) is 6.54 Å². The maximum absolute atomic E-state index is 12.5. The summed E-state index contributed by atoms with van der Waals surface area (Å²) < 4.78 is 0. The molecule has 0 bridgehead atoms. The van der Waals surface area contributed by atoms with E-state index in [1.165, 1.54) is 34.7 Å². The fourth-order valence-electron chi connectivity index (χ4n) is 2.90. The van der Waals surface area contributed by atoms with Gasteiger partial charge in [-0.05, 0) is 18.2 Å². The molecule has 2 aromatic rings. The Morgan fingerprint density at radius 3 is 2.50 bits per heavy atom. The monoisotopic (exact) mass is 327 g/mol. The summed E-state index contributed by atoms with van der Waals surface area (Å²) in [6.07, 6.45) is 3.64. The standard InChI is InChI=1S/C17H18N4O3/c22-17(15-3-5-16(6-4-15)21(23)24)20-10-8-19(9-11-20)13-14-2-1-7-18-12-14/h1-7,12H,8-11,13H2/p+1. The third-order valence-corrected chi connectivity index (χ3v) is 4.26. The molecule has 124 valence electrons. The minimum atomic E-state index is -0.463. The Morgan fingerprint density at radius 1 is 1.21 bits per heavy atom. The number of amides is 1. The molecule has 1 aliphatic rings. The van der Waals surface area contributed by atoms with Gasteiger partial charge < -0.3 is 9.80 Å². The van der Waals surface area contributed by atoms with Crippen LogP contribution in [0.5, 0.6) is 0 Å². The van der Waals surface area contributed by atoms with E-state index in [0.29, 0.717) is 18.7 Å². The molecule has 0 saturated carbocycles. The molecule has 1 aromatic carbocycles. The summed E-state index contributed by atoms with van der Waals surface area (Å²) in [7, 11) is 0. The second-order valence-electron chi connectivity index (χ2n) is 5.88. The van der Waals surface area contributed by atoms with Gasteiger partial charge in [0.1, 0.15) is 6.54 Å². The highest BCUT2D eigenvalue weighted by Crippen LogP contribution is 2.13. The Kier molecular flexibility index (Phi) is 4.81. The predicted octanol–water partition coefficient (Wildman–Crippen LogP) is 0.531. The first kappa shape index (κ1) is 16.1. The van der Waals surface area contributed by atoms with E-state index in [2.05, 4.69) is 11.1 Å². The van der Waals surface area contributed by atoms with Crippen LogP contribution in [0.1, 0.15) is 15.9 Å². The van der Waals surface area contributed by atoms with Crippen LogP contribution < -0.4 is 4.90 Å². The van der Waals surface area contributed by atoms with Crippen molar-refractivity contribution in [2.24, 2.45) is 0 Å². The maximum atomic E-state index is 12.5. The molecular weight excluding hydrogens is 308 g/mol. The van der Waals surface area contributed by atoms with Gasteiger partial charge in [0.05, 0.1) is 31.1 Å². The Balaban J connectivity index is 1.56. The molecule has 1 amide bonds. The number of benzene rings is 1. The zero-order chi connectivity index (χ0) is 16.9. The lowest BCUT2D eigenvalue weighted by Crippen LogP contribution is -3.13. The van der Waals surface area contributed by atoms with E-state index >= 15 is 0 Å². The van der Waals surface area contributed by atoms with Gasteiger partial charge in [-0.2, -0.15) is 0 Å². The van der Waals surface area contributed by atoms with E-state index < -0.39 is 4.92 Å². The van der Waals surface area contributed by atoms with Crippen molar-refractivity contribution in [3.63, 3.8) is 0 Å². The number of nitrogens with one attached hydrogen (secondary N) is 1. The first-order valence-electron chi connectivity index (χ1n) is 7.89. The van der Waals surface area contributed by atoms with E-state index in [1.54, 1.807) is 6.20 Å². The van der Waals surface area contributed by atoms with Gasteiger partial charge in [0, 0.05) is 35.7 Å². The summed E-state index contributed by atoms with van der Waals surface area (Å²) >= 11 is 0. The summed E-state index contributed by atoms with van der Waals surface area (Å²) in [5.74, 6) is -0.0645. The van der Waals surface area contributed by atoms with Crippen LogP contribution in [0.3, 0.4) is 0 Å². The number of carbonyl (C=O) groups excluding carboxylic acids is 1. The molecule has 24 heavy (non-hydrogen) atoms. The lowest BCUT2D eigenvalue weighted by Gasteiger charge is -2.32. The number of nitro groups is 1. The molecule has 1 saturated heterocycles. The van der Waals surface area contributed by atoms with Crippen LogP contribution in [0.2, 0.25) is 0 Å². The van der Waals surface area contributed by atoms with Gasteiger partial charge in [0.15, 0.2) is 0 Å². The normalized spacial score (nSPS) is 15.2. The number of hydrogen-bond acceptors (Lipinski definition) is 4. The first-order valence-corrected chi connectivity index (χ1v) is 7.89. The average molecular weight is 327 g/mol. The summed E-state index contributed by atoms with van der Waals surface area (Å²) in [6.45, 7) is 4.05. The van der Waals surface area contributed by atoms with E-state index in [0.717, 1.165) is 19.6 Å².